The zero-order valence-electron chi connectivity index (χ0n) is 11.6. The van der Waals surface area contributed by atoms with E-state index in [0.717, 1.165) is 19.1 Å². The van der Waals surface area contributed by atoms with Gasteiger partial charge in [0.1, 0.15) is 5.82 Å². The average Bonchev–Trinajstić information content (AvgIpc) is 3.15. The topological polar surface area (TPSA) is 86.3 Å². The molecule has 6 nitrogen and oxygen atoms in total. The Morgan fingerprint density at radius 3 is 3.05 bits per heavy atom. The Morgan fingerprint density at radius 2 is 2.32 bits per heavy atom. The molecule has 2 N–H and O–H groups in total. The summed E-state index contributed by atoms with van der Waals surface area (Å²) < 4.78 is 0. The Morgan fingerprint density at radius 1 is 1.50 bits per heavy atom. The van der Waals surface area contributed by atoms with Gasteiger partial charge in [-0.2, -0.15) is 0 Å². The smallest absolute Gasteiger partial charge is 0.407 e. The number of rotatable bonds is 3. The highest BCUT2D eigenvalue weighted by molar-refractivity contribution is 6.31. The lowest BCUT2D eigenvalue weighted by atomic mass is 10.1. The number of nitrogens with one attached hydrogen (secondary N) is 1. The fourth-order valence-corrected chi connectivity index (χ4v) is 2.98. The molecule has 1 aromatic heterocycles. The number of carboxylic acid groups (broad SMARTS) is 1. The van der Waals surface area contributed by atoms with E-state index in [1.807, 2.05) is 0 Å². The van der Waals surface area contributed by atoms with Crippen molar-refractivity contribution in [2.75, 3.05) is 6.54 Å². The molecule has 1 fully saturated rings. The fraction of sp³-hybridized carbons (Fsp3) is 0.267. The average molecular weight is 320 g/mol. The maximum atomic E-state index is 11.2. The predicted molar refractivity (Wildman–Crippen MR) is 81.1 cm³/mol. The number of carbonyl (C=O) groups is 2. The molecule has 22 heavy (non-hydrogen) atoms. The normalized spacial score (nSPS) is 17.7. The molecule has 1 amide bonds. The minimum absolute atomic E-state index is 0.266. The number of hydrogen-bond acceptors (Lipinski definition) is 3. The molecule has 7 heteroatoms. The standard InChI is InChI=1S/C15H14ClN3O3/c16-10-3-4-11(9(6-10)8-20)12-7-17-14(18-12)13-2-1-5-19(13)15(21)22/h3-4,6-8,13H,1-2,5H2,(H,17,18)(H,21,22). The van der Waals surface area contributed by atoms with Crippen LogP contribution in [0.4, 0.5) is 4.79 Å². The zero-order valence-corrected chi connectivity index (χ0v) is 12.4. The van der Waals surface area contributed by atoms with Crippen molar-refractivity contribution in [3.8, 4) is 11.3 Å². The summed E-state index contributed by atoms with van der Waals surface area (Å²) >= 11 is 5.89. The van der Waals surface area contributed by atoms with E-state index in [1.165, 1.54) is 4.90 Å². The lowest BCUT2D eigenvalue weighted by Gasteiger charge is -2.19. The Hall–Kier alpha value is -2.34. The van der Waals surface area contributed by atoms with Crippen LogP contribution < -0.4 is 0 Å². The van der Waals surface area contributed by atoms with E-state index in [9.17, 15) is 14.7 Å². The van der Waals surface area contributed by atoms with Crippen molar-refractivity contribution >= 4 is 24.0 Å². The van der Waals surface area contributed by atoms with Gasteiger partial charge < -0.3 is 10.1 Å². The van der Waals surface area contributed by atoms with Crippen molar-refractivity contribution in [3.05, 3.63) is 40.8 Å². The third-order valence-corrected chi connectivity index (χ3v) is 4.08. The maximum Gasteiger partial charge on any atom is 0.407 e. The summed E-state index contributed by atoms with van der Waals surface area (Å²) in [4.78, 5) is 31.2. The minimum atomic E-state index is -0.944. The Labute approximate surface area is 131 Å². The summed E-state index contributed by atoms with van der Waals surface area (Å²) in [6, 6.07) is 4.76. The molecule has 0 radical (unpaired) electrons. The van der Waals surface area contributed by atoms with Crippen molar-refractivity contribution in [3.63, 3.8) is 0 Å². The Bertz CT molecular complexity index is 729. The first-order chi connectivity index (χ1) is 10.6. The van der Waals surface area contributed by atoms with Gasteiger partial charge in [-0.3, -0.25) is 9.69 Å². The van der Waals surface area contributed by atoms with Gasteiger partial charge in [-0.25, -0.2) is 9.78 Å². The molecule has 0 aliphatic carbocycles. The lowest BCUT2D eigenvalue weighted by molar-refractivity contribution is 0.112. The van der Waals surface area contributed by atoms with Crippen molar-refractivity contribution in [2.24, 2.45) is 0 Å². The largest absolute Gasteiger partial charge is 0.465 e. The third-order valence-electron chi connectivity index (χ3n) is 3.84. The van der Waals surface area contributed by atoms with Crippen LogP contribution in [0, 0.1) is 0 Å². The first-order valence-electron chi connectivity index (χ1n) is 6.89. The van der Waals surface area contributed by atoms with E-state index < -0.39 is 6.09 Å². The number of hydrogen-bond donors (Lipinski definition) is 2. The number of carbonyl (C=O) groups excluding carboxylic acids is 1. The van der Waals surface area contributed by atoms with E-state index in [4.69, 9.17) is 11.6 Å². The van der Waals surface area contributed by atoms with E-state index in [-0.39, 0.29) is 6.04 Å². The van der Waals surface area contributed by atoms with E-state index in [0.29, 0.717) is 34.2 Å². The summed E-state index contributed by atoms with van der Waals surface area (Å²) in [6.07, 6.45) is 2.96. The number of nitrogens with zero attached hydrogens (tertiary/aromatic N) is 2. The highest BCUT2D eigenvalue weighted by Crippen LogP contribution is 2.32. The van der Waals surface area contributed by atoms with Crippen LogP contribution in [0.1, 0.15) is 35.1 Å². The highest BCUT2D eigenvalue weighted by atomic mass is 35.5. The van der Waals surface area contributed by atoms with Gasteiger partial charge in [0, 0.05) is 22.7 Å². The van der Waals surface area contributed by atoms with Gasteiger partial charge in [0.2, 0.25) is 0 Å². The summed E-state index contributed by atoms with van der Waals surface area (Å²) in [5, 5.41) is 9.69. The molecule has 1 aliphatic rings. The van der Waals surface area contributed by atoms with Crippen molar-refractivity contribution in [1.29, 1.82) is 0 Å². The molecule has 114 valence electrons. The SMILES string of the molecule is O=Cc1cc(Cl)ccc1-c1cnc(C2CCCN2C(=O)O)[nH]1. The molecule has 1 aromatic carbocycles. The van der Waals surface area contributed by atoms with Gasteiger partial charge in [-0.15, -0.1) is 0 Å². The quantitative estimate of drug-likeness (QED) is 0.849. The number of H-pyrrole nitrogens is 1. The van der Waals surface area contributed by atoms with Crippen LogP contribution >= 0.6 is 11.6 Å². The van der Waals surface area contributed by atoms with Crippen LogP contribution in [0.15, 0.2) is 24.4 Å². The van der Waals surface area contributed by atoms with Crippen LogP contribution in [0.2, 0.25) is 5.02 Å². The van der Waals surface area contributed by atoms with Crippen LogP contribution in [0.5, 0.6) is 0 Å². The van der Waals surface area contributed by atoms with Gasteiger partial charge in [0.25, 0.3) is 0 Å². The molecule has 1 saturated heterocycles. The summed E-state index contributed by atoms with van der Waals surface area (Å²) in [6.45, 7) is 0.510. The number of imidazole rings is 1. The zero-order chi connectivity index (χ0) is 15.7. The number of aromatic amines is 1. The Kier molecular flexibility index (Phi) is 3.85. The second-order valence-electron chi connectivity index (χ2n) is 5.17. The van der Waals surface area contributed by atoms with E-state index in [1.54, 1.807) is 24.4 Å². The molecule has 0 spiro atoms. The molecule has 2 heterocycles. The predicted octanol–water partition coefficient (Wildman–Crippen LogP) is 3.36. The van der Waals surface area contributed by atoms with Gasteiger partial charge in [-0.1, -0.05) is 17.7 Å². The van der Waals surface area contributed by atoms with Crippen LogP contribution in [-0.2, 0) is 0 Å². The van der Waals surface area contributed by atoms with Crippen LogP contribution in [0.3, 0.4) is 0 Å². The Balaban J connectivity index is 1.94. The third kappa shape index (κ3) is 2.57. The summed E-state index contributed by atoms with van der Waals surface area (Å²) in [5.74, 6) is 0.599. The van der Waals surface area contributed by atoms with Crippen molar-refractivity contribution in [1.82, 2.24) is 14.9 Å². The molecular weight excluding hydrogens is 306 g/mol. The van der Waals surface area contributed by atoms with Gasteiger partial charge in [0.15, 0.2) is 6.29 Å². The van der Waals surface area contributed by atoms with E-state index >= 15 is 0 Å². The second-order valence-corrected chi connectivity index (χ2v) is 5.60. The highest BCUT2D eigenvalue weighted by Gasteiger charge is 2.31. The fourth-order valence-electron chi connectivity index (χ4n) is 2.80. The number of amides is 1. The lowest BCUT2D eigenvalue weighted by Crippen LogP contribution is -2.29. The number of benzene rings is 1. The molecule has 1 unspecified atom stereocenters. The van der Waals surface area contributed by atoms with Crippen molar-refractivity contribution < 1.29 is 14.7 Å². The first kappa shape index (κ1) is 14.6. The number of likely N-dealkylation sites (tertiary alicyclic amines) is 1. The van der Waals surface area contributed by atoms with Crippen molar-refractivity contribution in [2.45, 2.75) is 18.9 Å². The molecule has 3 rings (SSSR count). The molecule has 1 atom stereocenters. The first-order valence-corrected chi connectivity index (χ1v) is 7.27. The van der Waals surface area contributed by atoms with Crippen LogP contribution in [-0.4, -0.2) is 38.9 Å². The summed E-state index contributed by atoms with van der Waals surface area (Å²) in [7, 11) is 0. The number of halogens is 1. The molecule has 2 aromatic rings. The summed E-state index contributed by atoms with van der Waals surface area (Å²) in [5.41, 5.74) is 1.83. The minimum Gasteiger partial charge on any atom is -0.465 e. The van der Waals surface area contributed by atoms with Gasteiger partial charge in [0.05, 0.1) is 17.9 Å². The van der Waals surface area contributed by atoms with Gasteiger partial charge >= 0.3 is 6.09 Å². The van der Waals surface area contributed by atoms with E-state index in [2.05, 4.69) is 9.97 Å². The number of aromatic nitrogens is 2. The molecular formula is C15H14ClN3O3. The maximum absolute atomic E-state index is 11.2. The second kappa shape index (κ2) is 5.81. The molecule has 0 saturated carbocycles. The van der Waals surface area contributed by atoms with Gasteiger partial charge in [-0.05, 0) is 25.0 Å². The monoisotopic (exact) mass is 319 g/mol. The molecule has 1 aliphatic heterocycles. The number of aldehydes is 1. The molecule has 0 bridgehead atoms. The van der Waals surface area contributed by atoms with Crippen LogP contribution in [0.25, 0.3) is 11.3 Å².